The molecule has 7 nitrogen and oxygen atoms in total. The second-order valence-electron chi connectivity index (χ2n) is 4.90. The molecule has 0 spiro atoms. The number of nitrogens with zero attached hydrogens (tertiary/aromatic N) is 1. The first-order chi connectivity index (χ1) is 11.4. The summed E-state index contributed by atoms with van der Waals surface area (Å²) < 4.78 is 23.6. The van der Waals surface area contributed by atoms with Crippen molar-refractivity contribution in [2.75, 3.05) is 19.5 Å². The zero-order chi connectivity index (χ0) is 17.9. The van der Waals surface area contributed by atoms with Gasteiger partial charge in [0.05, 0.1) is 25.2 Å². The van der Waals surface area contributed by atoms with E-state index in [1.165, 1.54) is 32.4 Å². The van der Waals surface area contributed by atoms with Crippen LogP contribution >= 0.6 is 0 Å². The van der Waals surface area contributed by atoms with Gasteiger partial charge in [-0.3, -0.25) is 14.9 Å². The second-order valence-corrected chi connectivity index (χ2v) is 4.90. The minimum absolute atomic E-state index is 0.127. The Kier molecular flexibility index (Phi) is 4.98. The number of aryl methyl sites for hydroxylation is 1. The zero-order valence-electron chi connectivity index (χ0n) is 13.3. The first-order valence-corrected chi connectivity index (χ1v) is 6.85. The predicted octanol–water partition coefficient (Wildman–Crippen LogP) is 3.31. The first kappa shape index (κ1) is 17.2. The van der Waals surface area contributed by atoms with Crippen molar-refractivity contribution in [3.05, 3.63) is 57.4 Å². The Morgan fingerprint density at radius 2 is 1.79 bits per heavy atom. The van der Waals surface area contributed by atoms with Gasteiger partial charge in [-0.2, -0.15) is 0 Å². The van der Waals surface area contributed by atoms with Crippen LogP contribution in [0.5, 0.6) is 11.5 Å². The number of methoxy groups -OCH3 is 2. The fourth-order valence-electron chi connectivity index (χ4n) is 2.07. The molecule has 0 fully saturated rings. The molecule has 0 aliphatic carbocycles. The van der Waals surface area contributed by atoms with Crippen molar-refractivity contribution in [1.29, 1.82) is 0 Å². The number of benzene rings is 2. The number of ether oxygens (including phenoxy) is 2. The SMILES string of the molecule is COc1cc(C(=O)Nc2ccc(C)c(F)c2)c([N+](=O)[O-])cc1OC. The van der Waals surface area contributed by atoms with Gasteiger partial charge in [0.25, 0.3) is 11.6 Å². The molecule has 0 aliphatic rings. The van der Waals surface area contributed by atoms with Crippen LogP contribution in [-0.2, 0) is 0 Å². The second kappa shape index (κ2) is 6.95. The summed E-state index contributed by atoms with van der Waals surface area (Å²) in [5, 5.41) is 13.6. The predicted molar refractivity (Wildman–Crippen MR) is 85.3 cm³/mol. The monoisotopic (exact) mass is 334 g/mol. The number of amides is 1. The van der Waals surface area contributed by atoms with Gasteiger partial charge in [0.1, 0.15) is 11.4 Å². The molecule has 2 aromatic rings. The molecule has 2 rings (SSSR count). The van der Waals surface area contributed by atoms with E-state index in [1.807, 2.05) is 0 Å². The van der Waals surface area contributed by atoms with Gasteiger partial charge in [0.15, 0.2) is 11.5 Å². The van der Waals surface area contributed by atoms with Gasteiger partial charge in [-0.15, -0.1) is 0 Å². The number of halogens is 1. The maximum atomic E-state index is 13.6. The van der Waals surface area contributed by atoms with Crippen LogP contribution < -0.4 is 14.8 Å². The van der Waals surface area contributed by atoms with Gasteiger partial charge >= 0.3 is 0 Å². The van der Waals surface area contributed by atoms with Crippen molar-refractivity contribution in [3.63, 3.8) is 0 Å². The third kappa shape index (κ3) is 3.43. The molecule has 0 heterocycles. The molecular formula is C16H15FN2O5. The maximum absolute atomic E-state index is 13.6. The van der Waals surface area contributed by atoms with Crippen LogP contribution in [-0.4, -0.2) is 25.1 Å². The lowest BCUT2D eigenvalue weighted by atomic mass is 10.1. The lowest BCUT2D eigenvalue weighted by Crippen LogP contribution is -2.14. The number of nitrogens with one attached hydrogen (secondary N) is 1. The summed E-state index contributed by atoms with van der Waals surface area (Å²) in [4.78, 5) is 22.9. The van der Waals surface area contributed by atoms with Crippen molar-refractivity contribution >= 4 is 17.3 Å². The number of hydrogen-bond donors (Lipinski definition) is 1. The van der Waals surface area contributed by atoms with Crippen molar-refractivity contribution in [2.24, 2.45) is 0 Å². The van der Waals surface area contributed by atoms with Gasteiger partial charge in [-0.1, -0.05) is 6.07 Å². The summed E-state index contributed by atoms with van der Waals surface area (Å²) in [6.07, 6.45) is 0. The number of anilines is 1. The van der Waals surface area contributed by atoms with Gasteiger partial charge in [-0.25, -0.2) is 4.39 Å². The Bertz CT molecular complexity index is 807. The highest BCUT2D eigenvalue weighted by Gasteiger charge is 2.24. The average Bonchev–Trinajstić information content (AvgIpc) is 2.56. The van der Waals surface area contributed by atoms with Crippen LogP contribution in [0.15, 0.2) is 30.3 Å². The third-order valence-electron chi connectivity index (χ3n) is 3.37. The quantitative estimate of drug-likeness (QED) is 0.669. The molecule has 0 aliphatic heterocycles. The summed E-state index contributed by atoms with van der Waals surface area (Å²) in [6.45, 7) is 1.58. The number of hydrogen-bond acceptors (Lipinski definition) is 5. The molecule has 0 bridgehead atoms. The molecular weight excluding hydrogens is 319 g/mol. The van der Waals surface area contributed by atoms with E-state index in [-0.39, 0.29) is 22.7 Å². The molecule has 0 aromatic heterocycles. The first-order valence-electron chi connectivity index (χ1n) is 6.85. The summed E-state index contributed by atoms with van der Waals surface area (Å²) in [7, 11) is 2.68. The Balaban J connectivity index is 2.43. The van der Waals surface area contributed by atoms with E-state index in [1.54, 1.807) is 6.92 Å². The van der Waals surface area contributed by atoms with Crippen LogP contribution in [0.3, 0.4) is 0 Å². The van der Waals surface area contributed by atoms with Crippen LogP contribution in [0, 0.1) is 22.9 Å². The number of carbonyl (C=O) groups excluding carboxylic acids is 1. The topological polar surface area (TPSA) is 90.7 Å². The molecule has 0 saturated heterocycles. The molecule has 0 radical (unpaired) electrons. The van der Waals surface area contributed by atoms with Crippen molar-refractivity contribution in [3.8, 4) is 11.5 Å². The average molecular weight is 334 g/mol. The van der Waals surface area contributed by atoms with Gasteiger partial charge in [-0.05, 0) is 24.6 Å². The fourth-order valence-corrected chi connectivity index (χ4v) is 2.07. The molecule has 8 heteroatoms. The number of nitro groups is 1. The lowest BCUT2D eigenvalue weighted by molar-refractivity contribution is -0.385. The molecule has 126 valence electrons. The van der Waals surface area contributed by atoms with E-state index in [0.717, 1.165) is 12.1 Å². The number of rotatable bonds is 5. The minimum Gasteiger partial charge on any atom is -0.493 e. The Labute approximate surface area is 137 Å². The van der Waals surface area contributed by atoms with Crippen LogP contribution in [0.4, 0.5) is 15.8 Å². The van der Waals surface area contributed by atoms with E-state index < -0.39 is 22.3 Å². The molecule has 1 amide bonds. The smallest absolute Gasteiger partial charge is 0.286 e. The van der Waals surface area contributed by atoms with E-state index in [2.05, 4.69) is 5.32 Å². The van der Waals surface area contributed by atoms with E-state index in [9.17, 15) is 19.3 Å². The van der Waals surface area contributed by atoms with Gasteiger partial charge in [0, 0.05) is 11.8 Å². The minimum atomic E-state index is -0.758. The van der Waals surface area contributed by atoms with Crippen molar-refractivity contribution in [2.45, 2.75) is 6.92 Å². The van der Waals surface area contributed by atoms with Crippen LogP contribution in [0.25, 0.3) is 0 Å². The Morgan fingerprint density at radius 3 is 2.33 bits per heavy atom. The standard InChI is InChI=1S/C16H15FN2O5/c1-9-4-5-10(6-12(9)17)18-16(20)11-7-14(23-2)15(24-3)8-13(11)19(21)22/h4-8H,1-3H3,(H,18,20). The fraction of sp³-hybridized carbons (Fsp3) is 0.188. The maximum Gasteiger partial charge on any atom is 0.286 e. The van der Waals surface area contributed by atoms with E-state index >= 15 is 0 Å². The largest absolute Gasteiger partial charge is 0.493 e. The Morgan fingerprint density at radius 1 is 1.17 bits per heavy atom. The molecule has 24 heavy (non-hydrogen) atoms. The molecule has 0 saturated carbocycles. The van der Waals surface area contributed by atoms with Gasteiger partial charge in [0.2, 0.25) is 0 Å². The molecule has 2 aromatic carbocycles. The van der Waals surface area contributed by atoms with E-state index in [0.29, 0.717) is 5.56 Å². The summed E-state index contributed by atoms with van der Waals surface area (Å²) in [5.74, 6) is -0.953. The molecule has 0 unspecified atom stereocenters. The van der Waals surface area contributed by atoms with Crippen molar-refractivity contribution in [1.82, 2.24) is 0 Å². The number of carbonyl (C=O) groups is 1. The van der Waals surface area contributed by atoms with Crippen molar-refractivity contribution < 1.29 is 23.6 Å². The van der Waals surface area contributed by atoms with E-state index in [4.69, 9.17) is 9.47 Å². The highest BCUT2D eigenvalue weighted by Crippen LogP contribution is 2.34. The highest BCUT2D eigenvalue weighted by molar-refractivity contribution is 6.07. The number of nitro benzene ring substituents is 1. The third-order valence-corrected chi connectivity index (χ3v) is 3.37. The summed E-state index contributed by atoms with van der Waals surface area (Å²) in [6, 6.07) is 6.44. The molecule has 1 N–H and O–H groups in total. The summed E-state index contributed by atoms with van der Waals surface area (Å²) >= 11 is 0. The lowest BCUT2D eigenvalue weighted by Gasteiger charge is -2.11. The van der Waals surface area contributed by atoms with Crippen LogP contribution in [0.1, 0.15) is 15.9 Å². The Hall–Kier alpha value is -3.16. The van der Waals surface area contributed by atoms with Gasteiger partial charge < -0.3 is 14.8 Å². The normalized spacial score (nSPS) is 10.2. The zero-order valence-corrected chi connectivity index (χ0v) is 13.3. The highest BCUT2D eigenvalue weighted by atomic mass is 19.1. The molecule has 0 atom stereocenters. The van der Waals surface area contributed by atoms with Crippen LogP contribution in [0.2, 0.25) is 0 Å². The summed E-state index contributed by atoms with van der Waals surface area (Å²) in [5.41, 5.74) is -0.0614.